The van der Waals surface area contributed by atoms with Gasteiger partial charge in [-0.1, -0.05) is 42.8 Å². The van der Waals surface area contributed by atoms with E-state index in [4.69, 9.17) is 4.74 Å². The average Bonchev–Trinajstić information content (AvgIpc) is 2.27. The Kier molecular flexibility index (Phi) is 5.30. The van der Waals surface area contributed by atoms with Crippen LogP contribution in [0, 0.1) is 11.3 Å². The highest BCUT2D eigenvalue weighted by Gasteiger charge is 2.31. The number of rotatable bonds is 4. The second kappa shape index (κ2) is 6.16. The number of alkyl halides is 4. The van der Waals surface area contributed by atoms with Gasteiger partial charge in [0.25, 0.3) is 0 Å². The van der Waals surface area contributed by atoms with E-state index in [2.05, 4.69) is 36.7 Å². The van der Waals surface area contributed by atoms with Crippen molar-refractivity contribution in [2.75, 3.05) is 11.9 Å². The van der Waals surface area contributed by atoms with Crippen LogP contribution in [0.4, 0.5) is 13.2 Å². The Hall–Kier alpha value is -0.710. The first-order chi connectivity index (χ1) is 8.64. The maximum absolute atomic E-state index is 12.6. The summed E-state index contributed by atoms with van der Waals surface area (Å²) in [6, 6.07) is 4.98. The van der Waals surface area contributed by atoms with E-state index in [9.17, 15) is 13.2 Å². The molecule has 0 saturated carbocycles. The standard InChI is InChI=1S/C14H18BrF3O/c1-13(2,3)11(8-15)9-19-12-6-4-5-10(7-12)14(16,17)18/h4-7,11H,8-9H2,1-3H3. The molecule has 5 heteroatoms. The minimum Gasteiger partial charge on any atom is -0.493 e. The fourth-order valence-electron chi connectivity index (χ4n) is 1.49. The van der Waals surface area contributed by atoms with Crippen LogP contribution in [0.1, 0.15) is 26.3 Å². The summed E-state index contributed by atoms with van der Waals surface area (Å²) in [7, 11) is 0. The zero-order valence-corrected chi connectivity index (χ0v) is 12.8. The lowest BCUT2D eigenvalue weighted by Gasteiger charge is -2.29. The van der Waals surface area contributed by atoms with Crippen LogP contribution in [0.5, 0.6) is 5.75 Å². The van der Waals surface area contributed by atoms with Gasteiger partial charge in [-0.3, -0.25) is 0 Å². The molecule has 0 aromatic heterocycles. The van der Waals surface area contributed by atoms with Gasteiger partial charge in [-0.25, -0.2) is 0 Å². The summed E-state index contributed by atoms with van der Waals surface area (Å²) in [5.74, 6) is 0.479. The van der Waals surface area contributed by atoms with Crippen molar-refractivity contribution in [3.05, 3.63) is 29.8 Å². The fourth-order valence-corrected chi connectivity index (χ4v) is 2.64. The predicted molar refractivity (Wildman–Crippen MR) is 73.7 cm³/mol. The topological polar surface area (TPSA) is 9.23 Å². The quantitative estimate of drug-likeness (QED) is 0.690. The Bertz CT molecular complexity index is 410. The molecule has 108 valence electrons. The summed E-state index contributed by atoms with van der Waals surface area (Å²) in [6.07, 6.45) is -4.34. The molecular weight excluding hydrogens is 321 g/mol. The van der Waals surface area contributed by atoms with Crippen molar-refractivity contribution in [3.8, 4) is 5.75 Å². The average molecular weight is 339 g/mol. The van der Waals surface area contributed by atoms with Gasteiger partial charge in [0, 0.05) is 11.2 Å². The summed E-state index contributed by atoms with van der Waals surface area (Å²) in [6.45, 7) is 6.62. The summed E-state index contributed by atoms with van der Waals surface area (Å²) in [5, 5.41) is 0.745. The van der Waals surface area contributed by atoms with Crippen LogP contribution in [-0.2, 0) is 6.18 Å². The zero-order valence-electron chi connectivity index (χ0n) is 11.2. The molecule has 0 aliphatic carbocycles. The van der Waals surface area contributed by atoms with E-state index < -0.39 is 11.7 Å². The molecule has 1 nitrogen and oxygen atoms in total. The monoisotopic (exact) mass is 338 g/mol. The molecule has 0 amide bonds. The molecule has 19 heavy (non-hydrogen) atoms. The van der Waals surface area contributed by atoms with Gasteiger partial charge < -0.3 is 4.74 Å². The summed E-state index contributed by atoms with van der Waals surface area (Å²) >= 11 is 3.41. The number of hydrogen-bond acceptors (Lipinski definition) is 1. The molecule has 0 heterocycles. The van der Waals surface area contributed by atoms with Crippen molar-refractivity contribution in [1.82, 2.24) is 0 Å². The molecule has 0 aliphatic heterocycles. The molecular formula is C14H18BrF3O. The van der Waals surface area contributed by atoms with E-state index in [0.29, 0.717) is 6.61 Å². The lowest BCUT2D eigenvalue weighted by Crippen LogP contribution is -2.27. The summed E-state index contributed by atoms with van der Waals surface area (Å²) in [4.78, 5) is 0. The molecule has 0 saturated heterocycles. The number of ether oxygens (including phenoxy) is 1. The second-order valence-electron chi connectivity index (χ2n) is 5.55. The van der Waals surface area contributed by atoms with Gasteiger partial charge in [0.15, 0.2) is 0 Å². The SMILES string of the molecule is CC(C)(C)C(CBr)COc1cccc(C(F)(F)F)c1. The maximum Gasteiger partial charge on any atom is 0.416 e. The first kappa shape index (κ1) is 16.3. The van der Waals surface area contributed by atoms with E-state index in [1.165, 1.54) is 6.07 Å². The Labute approximate surface area is 120 Å². The maximum atomic E-state index is 12.6. The molecule has 0 radical (unpaired) electrons. The third-order valence-electron chi connectivity index (χ3n) is 3.02. The molecule has 0 spiro atoms. The third kappa shape index (κ3) is 5.05. The van der Waals surface area contributed by atoms with Crippen LogP contribution in [-0.4, -0.2) is 11.9 Å². The van der Waals surface area contributed by atoms with Gasteiger partial charge >= 0.3 is 6.18 Å². The first-order valence-electron chi connectivity index (χ1n) is 6.00. The van der Waals surface area contributed by atoms with Crippen LogP contribution in [0.3, 0.4) is 0 Å². The van der Waals surface area contributed by atoms with Crippen molar-refractivity contribution in [3.63, 3.8) is 0 Å². The van der Waals surface area contributed by atoms with Crippen LogP contribution in [0.2, 0.25) is 0 Å². The van der Waals surface area contributed by atoms with Gasteiger partial charge in [0.1, 0.15) is 5.75 Å². The summed E-state index contributed by atoms with van der Waals surface area (Å²) in [5.41, 5.74) is -0.651. The van der Waals surface area contributed by atoms with E-state index in [1.807, 2.05) is 0 Å². The van der Waals surface area contributed by atoms with Gasteiger partial charge in [0.2, 0.25) is 0 Å². The molecule has 0 N–H and O–H groups in total. The van der Waals surface area contributed by atoms with Gasteiger partial charge in [-0.15, -0.1) is 0 Å². The lowest BCUT2D eigenvalue weighted by atomic mass is 9.83. The summed E-state index contributed by atoms with van der Waals surface area (Å²) < 4.78 is 43.2. The fraction of sp³-hybridized carbons (Fsp3) is 0.571. The van der Waals surface area contributed by atoms with Gasteiger partial charge in [-0.05, 0) is 23.6 Å². The minimum absolute atomic E-state index is 0.0329. The largest absolute Gasteiger partial charge is 0.493 e. The van der Waals surface area contributed by atoms with Crippen LogP contribution in [0.25, 0.3) is 0 Å². The molecule has 1 aromatic rings. The van der Waals surface area contributed by atoms with Crippen molar-refractivity contribution in [1.29, 1.82) is 0 Å². The second-order valence-corrected chi connectivity index (χ2v) is 6.20. The number of hydrogen-bond donors (Lipinski definition) is 0. The molecule has 1 rings (SSSR count). The molecule has 0 bridgehead atoms. The molecule has 0 fully saturated rings. The van der Waals surface area contributed by atoms with E-state index in [0.717, 1.165) is 17.5 Å². The van der Waals surface area contributed by atoms with Crippen molar-refractivity contribution in [2.45, 2.75) is 26.9 Å². The molecule has 1 atom stereocenters. The Morgan fingerprint density at radius 3 is 2.32 bits per heavy atom. The highest BCUT2D eigenvalue weighted by Crippen LogP contribution is 2.32. The highest BCUT2D eigenvalue weighted by atomic mass is 79.9. The van der Waals surface area contributed by atoms with Crippen molar-refractivity contribution < 1.29 is 17.9 Å². The highest BCUT2D eigenvalue weighted by molar-refractivity contribution is 9.09. The Morgan fingerprint density at radius 2 is 1.84 bits per heavy atom. The van der Waals surface area contributed by atoms with Gasteiger partial charge in [-0.2, -0.15) is 13.2 Å². The number of halogens is 4. The first-order valence-corrected chi connectivity index (χ1v) is 7.13. The van der Waals surface area contributed by atoms with Crippen molar-refractivity contribution >= 4 is 15.9 Å². The normalized spacial score (nSPS) is 14.3. The Morgan fingerprint density at radius 1 is 1.21 bits per heavy atom. The predicted octanol–water partition coefficient (Wildman–Crippen LogP) is 5.14. The van der Waals surface area contributed by atoms with Crippen molar-refractivity contribution in [2.24, 2.45) is 11.3 Å². The molecule has 1 aromatic carbocycles. The van der Waals surface area contributed by atoms with Crippen LogP contribution < -0.4 is 4.74 Å². The Balaban J connectivity index is 2.73. The van der Waals surface area contributed by atoms with Crippen LogP contribution in [0.15, 0.2) is 24.3 Å². The van der Waals surface area contributed by atoms with Gasteiger partial charge in [0.05, 0.1) is 12.2 Å². The molecule has 1 unspecified atom stereocenters. The molecule has 0 aliphatic rings. The van der Waals surface area contributed by atoms with E-state index in [-0.39, 0.29) is 17.1 Å². The van der Waals surface area contributed by atoms with Crippen LogP contribution >= 0.6 is 15.9 Å². The lowest BCUT2D eigenvalue weighted by molar-refractivity contribution is -0.137. The minimum atomic E-state index is -4.34. The third-order valence-corrected chi connectivity index (χ3v) is 3.81. The van der Waals surface area contributed by atoms with E-state index in [1.54, 1.807) is 6.07 Å². The zero-order chi connectivity index (χ0) is 14.7. The van der Waals surface area contributed by atoms with E-state index >= 15 is 0 Å². The number of benzene rings is 1. The smallest absolute Gasteiger partial charge is 0.416 e.